The second kappa shape index (κ2) is 5.96. The lowest BCUT2D eigenvalue weighted by atomic mass is 10.2. The summed E-state index contributed by atoms with van der Waals surface area (Å²) in [5.74, 6) is 0.297. The molecule has 2 N–H and O–H groups in total. The van der Waals surface area contributed by atoms with Gasteiger partial charge in [-0.15, -0.1) is 0 Å². The summed E-state index contributed by atoms with van der Waals surface area (Å²) in [6, 6.07) is 0. The van der Waals surface area contributed by atoms with Gasteiger partial charge in [0.2, 0.25) is 5.91 Å². The molecule has 0 spiro atoms. The molecule has 0 aromatic rings. The molecule has 1 heterocycles. The molecule has 1 rings (SSSR count). The van der Waals surface area contributed by atoms with Crippen LogP contribution in [0, 0.1) is 0 Å². The fourth-order valence-corrected chi connectivity index (χ4v) is 1.86. The highest BCUT2D eigenvalue weighted by atomic mass is 32.1. The predicted molar refractivity (Wildman–Crippen MR) is 61.1 cm³/mol. The quantitative estimate of drug-likeness (QED) is 0.721. The van der Waals surface area contributed by atoms with Crippen molar-refractivity contribution in [2.45, 2.75) is 38.5 Å². The first-order valence-electron chi connectivity index (χ1n) is 5.26. The van der Waals surface area contributed by atoms with Crippen molar-refractivity contribution in [2.75, 3.05) is 13.1 Å². The molecule has 0 bridgehead atoms. The Morgan fingerprint density at radius 1 is 1.43 bits per heavy atom. The smallest absolute Gasteiger partial charge is 0.222 e. The van der Waals surface area contributed by atoms with E-state index in [9.17, 15) is 4.79 Å². The zero-order valence-corrected chi connectivity index (χ0v) is 9.31. The van der Waals surface area contributed by atoms with Crippen molar-refractivity contribution < 1.29 is 4.79 Å². The molecule has 3 nitrogen and oxygen atoms in total. The number of amides is 1. The Morgan fingerprint density at radius 2 is 2.21 bits per heavy atom. The Morgan fingerprint density at radius 3 is 2.93 bits per heavy atom. The van der Waals surface area contributed by atoms with E-state index in [0.29, 0.717) is 17.3 Å². The Labute approximate surface area is 90.6 Å². The normalized spacial score (nSPS) is 18.0. The Balaban J connectivity index is 2.26. The molecule has 1 amide bonds. The van der Waals surface area contributed by atoms with Crippen LogP contribution in [0.3, 0.4) is 0 Å². The summed E-state index contributed by atoms with van der Waals surface area (Å²) in [5, 5.41) is 0. The maximum atomic E-state index is 11.6. The van der Waals surface area contributed by atoms with E-state index in [1.54, 1.807) is 0 Å². The van der Waals surface area contributed by atoms with Crippen molar-refractivity contribution in [3.8, 4) is 0 Å². The lowest BCUT2D eigenvalue weighted by Gasteiger charge is -2.19. The van der Waals surface area contributed by atoms with Gasteiger partial charge in [0.25, 0.3) is 0 Å². The van der Waals surface area contributed by atoms with Crippen LogP contribution in [-0.4, -0.2) is 28.9 Å². The topological polar surface area (TPSA) is 46.3 Å². The summed E-state index contributed by atoms with van der Waals surface area (Å²) in [6.45, 7) is 1.73. The second-order valence-corrected chi connectivity index (χ2v) is 4.29. The molecule has 0 atom stereocenters. The fraction of sp³-hybridized carbons (Fsp3) is 0.800. The molecule has 1 aliphatic heterocycles. The van der Waals surface area contributed by atoms with Gasteiger partial charge in [-0.25, -0.2) is 0 Å². The number of hydrogen-bond donors (Lipinski definition) is 1. The van der Waals surface area contributed by atoms with Crippen LogP contribution in [0.1, 0.15) is 38.5 Å². The maximum Gasteiger partial charge on any atom is 0.222 e. The molecule has 80 valence electrons. The molecule has 1 aliphatic rings. The zero-order chi connectivity index (χ0) is 10.4. The van der Waals surface area contributed by atoms with Crippen LogP contribution in [0.25, 0.3) is 0 Å². The van der Waals surface area contributed by atoms with Crippen LogP contribution >= 0.6 is 12.2 Å². The van der Waals surface area contributed by atoms with Gasteiger partial charge < -0.3 is 10.6 Å². The van der Waals surface area contributed by atoms with Crippen molar-refractivity contribution in [3.05, 3.63) is 0 Å². The summed E-state index contributed by atoms with van der Waals surface area (Å²) in [5.41, 5.74) is 5.40. The van der Waals surface area contributed by atoms with E-state index in [2.05, 4.69) is 0 Å². The van der Waals surface area contributed by atoms with Gasteiger partial charge in [-0.05, 0) is 25.7 Å². The molecule has 0 unspecified atom stereocenters. The van der Waals surface area contributed by atoms with Gasteiger partial charge in [0, 0.05) is 19.5 Å². The molecule has 0 aromatic heterocycles. The van der Waals surface area contributed by atoms with Crippen LogP contribution in [0.4, 0.5) is 0 Å². The number of thiocarbonyl (C=S) groups is 1. The Hall–Kier alpha value is -0.640. The average molecular weight is 214 g/mol. The largest absolute Gasteiger partial charge is 0.393 e. The number of rotatable bonds is 4. The average Bonchev–Trinajstić information content (AvgIpc) is 2.31. The van der Waals surface area contributed by atoms with E-state index < -0.39 is 0 Å². The minimum absolute atomic E-state index is 0.297. The van der Waals surface area contributed by atoms with Crippen molar-refractivity contribution in [2.24, 2.45) is 5.73 Å². The van der Waals surface area contributed by atoms with Crippen molar-refractivity contribution in [1.29, 1.82) is 0 Å². The number of nitrogens with zero attached hydrogens (tertiary/aromatic N) is 1. The molecular formula is C10H18N2OS. The van der Waals surface area contributed by atoms with E-state index in [1.807, 2.05) is 4.90 Å². The van der Waals surface area contributed by atoms with E-state index in [-0.39, 0.29) is 0 Å². The number of carbonyl (C=O) groups is 1. The third-order valence-corrected chi connectivity index (χ3v) is 2.73. The van der Waals surface area contributed by atoms with Crippen LogP contribution in [0.2, 0.25) is 0 Å². The highest BCUT2D eigenvalue weighted by Crippen LogP contribution is 2.11. The predicted octanol–water partition coefficient (Wildman–Crippen LogP) is 1.46. The van der Waals surface area contributed by atoms with E-state index in [1.165, 1.54) is 6.42 Å². The molecule has 1 saturated heterocycles. The van der Waals surface area contributed by atoms with Crippen molar-refractivity contribution >= 4 is 23.1 Å². The van der Waals surface area contributed by atoms with Gasteiger partial charge in [-0.3, -0.25) is 4.79 Å². The summed E-state index contributed by atoms with van der Waals surface area (Å²) in [7, 11) is 0. The van der Waals surface area contributed by atoms with Crippen LogP contribution in [0.15, 0.2) is 0 Å². The third-order valence-electron chi connectivity index (χ3n) is 2.52. The second-order valence-electron chi connectivity index (χ2n) is 3.76. The third kappa shape index (κ3) is 4.05. The minimum Gasteiger partial charge on any atom is -0.393 e. The molecule has 0 saturated carbocycles. The molecule has 4 heteroatoms. The summed E-state index contributed by atoms with van der Waals surface area (Å²) >= 11 is 4.79. The number of carbonyl (C=O) groups excluding carboxylic acids is 1. The molecule has 1 fully saturated rings. The fourth-order valence-electron chi connectivity index (χ4n) is 1.72. The van der Waals surface area contributed by atoms with E-state index in [0.717, 1.165) is 38.8 Å². The van der Waals surface area contributed by atoms with E-state index in [4.69, 9.17) is 18.0 Å². The van der Waals surface area contributed by atoms with Gasteiger partial charge in [-0.1, -0.05) is 18.6 Å². The minimum atomic E-state index is 0.297. The molecule has 0 radical (unpaired) electrons. The van der Waals surface area contributed by atoms with Crippen LogP contribution < -0.4 is 5.73 Å². The summed E-state index contributed by atoms with van der Waals surface area (Å²) in [4.78, 5) is 14.0. The highest BCUT2D eigenvalue weighted by Gasteiger charge is 2.15. The zero-order valence-electron chi connectivity index (χ0n) is 8.50. The van der Waals surface area contributed by atoms with Gasteiger partial charge in [0.1, 0.15) is 0 Å². The van der Waals surface area contributed by atoms with Crippen molar-refractivity contribution in [3.63, 3.8) is 0 Å². The first-order chi connectivity index (χ1) is 6.70. The lowest BCUT2D eigenvalue weighted by molar-refractivity contribution is -0.130. The lowest BCUT2D eigenvalue weighted by Crippen LogP contribution is -2.31. The number of nitrogens with two attached hydrogens (primary N) is 1. The SMILES string of the molecule is NC(=S)CCCN1CCCCCC1=O. The summed E-state index contributed by atoms with van der Waals surface area (Å²) in [6.07, 6.45) is 5.73. The number of likely N-dealkylation sites (tertiary alicyclic amines) is 1. The first kappa shape index (κ1) is 11.4. The first-order valence-corrected chi connectivity index (χ1v) is 5.67. The number of hydrogen-bond acceptors (Lipinski definition) is 2. The molecule has 0 aromatic carbocycles. The Kier molecular flexibility index (Phi) is 4.87. The van der Waals surface area contributed by atoms with E-state index >= 15 is 0 Å². The molecular weight excluding hydrogens is 196 g/mol. The molecule has 14 heavy (non-hydrogen) atoms. The van der Waals surface area contributed by atoms with Crippen LogP contribution in [0.5, 0.6) is 0 Å². The monoisotopic (exact) mass is 214 g/mol. The molecule has 0 aliphatic carbocycles. The van der Waals surface area contributed by atoms with Gasteiger partial charge in [0.05, 0.1) is 4.99 Å². The van der Waals surface area contributed by atoms with Gasteiger partial charge in [0.15, 0.2) is 0 Å². The van der Waals surface area contributed by atoms with Crippen molar-refractivity contribution in [1.82, 2.24) is 4.90 Å². The summed E-state index contributed by atoms with van der Waals surface area (Å²) < 4.78 is 0. The highest BCUT2D eigenvalue weighted by molar-refractivity contribution is 7.80. The van der Waals surface area contributed by atoms with Crippen LogP contribution in [-0.2, 0) is 4.79 Å². The maximum absolute atomic E-state index is 11.6. The van der Waals surface area contributed by atoms with Gasteiger partial charge in [-0.2, -0.15) is 0 Å². The standard InChI is InChI=1S/C10H18N2OS/c11-9(14)5-4-8-12-7-3-1-2-6-10(12)13/h1-8H2,(H2,11,14). The Bertz CT molecular complexity index is 218. The van der Waals surface area contributed by atoms with Gasteiger partial charge >= 0.3 is 0 Å².